The molecule has 2 aromatic rings. The summed E-state index contributed by atoms with van der Waals surface area (Å²) in [4.78, 5) is 36.5. The van der Waals surface area contributed by atoms with Gasteiger partial charge in [0.15, 0.2) is 9.84 Å². The van der Waals surface area contributed by atoms with Crippen LogP contribution in [-0.2, 0) is 24.2 Å². The Labute approximate surface area is 203 Å². The predicted molar refractivity (Wildman–Crippen MR) is 129 cm³/mol. The van der Waals surface area contributed by atoms with Gasteiger partial charge in [0.25, 0.3) is 0 Å². The third-order valence-corrected chi connectivity index (χ3v) is 8.46. The first-order valence-electron chi connectivity index (χ1n) is 11.5. The fourth-order valence-electron chi connectivity index (χ4n) is 4.81. The normalized spacial score (nSPS) is 20.9. The van der Waals surface area contributed by atoms with Gasteiger partial charge in [-0.15, -0.1) is 0 Å². The highest BCUT2D eigenvalue weighted by atomic mass is 32.2. The van der Waals surface area contributed by atoms with Gasteiger partial charge in [-0.3, -0.25) is 9.59 Å². The van der Waals surface area contributed by atoms with Crippen LogP contribution in [0.2, 0.25) is 0 Å². The molecule has 4 rings (SSSR count). The third-order valence-electron chi connectivity index (χ3n) is 6.56. The van der Waals surface area contributed by atoms with Crippen molar-refractivity contribution in [2.45, 2.75) is 37.8 Å². The van der Waals surface area contributed by atoms with Crippen molar-refractivity contribution >= 4 is 27.8 Å². The fraction of sp³-hybridized carbons (Fsp3) is 0.400. The molecule has 3 atom stereocenters. The fourth-order valence-corrected chi connectivity index (χ4v) is 6.94. The molecule has 0 aromatic heterocycles. The Morgan fingerprint density at radius 3 is 2.17 bits per heavy atom. The minimum Gasteiger partial charge on any atom is -0.481 e. The highest BCUT2D eigenvalue weighted by Gasteiger charge is 2.37. The number of carbonyl (C=O) groups is 3. The minimum absolute atomic E-state index is 0.0302. The number of carbonyl (C=O) groups excluding carboxylic acids is 2. The van der Waals surface area contributed by atoms with E-state index in [-0.39, 0.29) is 42.8 Å². The first-order chi connectivity index (χ1) is 16.6. The van der Waals surface area contributed by atoms with E-state index in [4.69, 9.17) is 9.84 Å². The molecule has 0 bridgehead atoms. The number of rotatable bonds is 8. The molecular weight excluding hydrogens is 472 g/mol. The van der Waals surface area contributed by atoms with E-state index in [0.717, 1.165) is 22.3 Å². The zero-order chi connectivity index (χ0) is 25.2. The second-order valence-corrected chi connectivity index (χ2v) is 11.3. The van der Waals surface area contributed by atoms with Crippen molar-refractivity contribution in [1.29, 1.82) is 0 Å². The molecule has 10 heteroatoms. The van der Waals surface area contributed by atoms with E-state index in [1.807, 2.05) is 48.5 Å². The number of fused-ring (bicyclic) bond motifs is 3. The summed E-state index contributed by atoms with van der Waals surface area (Å²) in [6.45, 7) is 1.77. The molecule has 0 spiro atoms. The van der Waals surface area contributed by atoms with Crippen LogP contribution in [0.3, 0.4) is 0 Å². The first-order valence-corrected chi connectivity index (χ1v) is 13.3. The predicted octanol–water partition coefficient (Wildman–Crippen LogP) is 2.31. The molecule has 2 amide bonds. The number of benzene rings is 2. The average molecular weight is 501 g/mol. The molecule has 9 nitrogen and oxygen atoms in total. The molecule has 1 saturated heterocycles. The summed E-state index contributed by atoms with van der Waals surface area (Å²) in [5, 5.41) is 14.2. The number of alkyl carbamates (subject to hydrolysis) is 1. The van der Waals surface area contributed by atoms with Crippen molar-refractivity contribution in [3.8, 4) is 11.1 Å². The van der Waals surface area contributed by atoms with Gasteiger partial charge in [0.1, 0.15) is 12.6 Å². The maximum Gasteiger partial charge on any atom is 0.407 e. The summed E-state index contributed by atoms with van der Waals surface area (Å²) < 4.78 is 29.2. The Morgan fingerprint density at radius 2 is 1.63 bits per heavy atom. The van der Waals surface area contributed by atoms with Crippen LogP contribution in [0.4, 0.5) is 4.79 Å². The van der Waals surface area contributed by atoms with Crippen molar-refractivity contribution < 1.29 is 32.6 Å². The van der Waals surface area contributed by atoms with Gasteiger partial charge in [0.05, 0.1) is 11.5 Å². The van der Waals surface area contributed by atoms with Gasteiger partial charge in [0, 0.05) is 18.4 Å². The van der Waals surface area contributed by atoms with Crippen molar-refractivity contribution in [2.75, 3.05) is 18.1 Å². The summed E-state index contributed by atoms with van der Waals surface area (Å²) in [7, 11) is -3.25. The molecule has 1 aliphatic heterocycles. The Kier molecular flexibility index (Phi) is 7.11. The first kappa shape index (κ1) is 24.7. The molecule has 1 unspecified atom stereocenters. The van der Waals surface area contributed by atoms with E-state index < -0.39 is 39.9 Å². The van der Waals surface area contributed by atoms with Crippen LogP contribution >= 0.6 is 0 Å². The van der Waals surface area contributed by atoms with Gasteiger partial charge in [-0.05, 0) is 34.6 Å². The van der Waals surface area contributed by atoms with E-state index >= 15 is 0 Å². The number of hydrogen-bond acceptors (Lipinski definition) is 6. The van der Waals surface area contributed by atoms with Gasteiger partial charge < -0.3 is 20.5 Å². The SMILES string of the molecule is C[C@H]1CS(=O)(=O)C[C@H]1NC(=O)C(CCC(=O)O)NC(=O)OCC1c2ccccc2-c2ccccc21. The Balaban J connectivity index is 1.41. The minimum atomic E-state index is -3.25. The zero-order valence-corrected chi connectivity index (χ0v) is 20.1. The highest BCUT2D eigenvalue weighted by Crippen LogP contribution is 2.44. The smallest absolute Gasteiger partial charge is 0.407 e. The lowest BCUT2D eigenvalue weighted by Gasteiger charge is -2.22. The van der Waals surface area contributed by atoms with Crippen LogP contribution in [0.5, 0.6) is 0 Å². The lowest BCUT2D eigenvalue weighted by molar-refractivity contribution is -0.137. The topological polar surface area (TPSA) is 139 Å². The van der Waals surface area contributed by atoms with Crippen LogP contribution in [0.15, 0.2) is 48.5 Å². The van der Waals surface area contributed by atoms with Crippen LogP contribution < -0.4 is 10.6 Å². The van der Waals surface area contributed by atoms with Crippen molar-refractivity contribution in [2.24, 2.45) is 5.92 Å². The molecule has 0 radical (unpaired) electrons. The molecule has 1 aliphatic carbocycles. The van der Waals surface area contributed by atoms with Crippen molar-refractivity contribution in [3.05, 3.63) is 59.7 Å². The molecule has 1 fully saturated rings. The lowest BCUT2D eigenvalue weighted by atomic mass is 9.98. The van der Waals surface area contributed by atoms with E-state index in [0.29, 0.717) is 0 Å². The molecule has 2 aliphatic rings. The van der Waals surface area contributed by atoms with Gasteiger partial charge in [-0.2, -0.15) is 0 Å². The quantitative estimate of drug-likeness (QED) is 0.505. The second-order valence-electron chi connectivity index (χ2n) is 9.12. The van der Waals surface area contributed by atoms with Crippen LogP contribution in [0.1, 0.15) is 36.8 Å². The number of aliphatic carboxylic acids is 1. The maximum absolute atomic E-state index is 12.8. The third kappa shape index (κ3) is 5.64. The number of ether oxygens (including phenoxy) is 1. The highest BCUT2D eigenvalue weighted by molar-refractivity contribution is 7.91. The standard InChI is InChI=1S/C25H28N2O7S/c1-15-13-35(32,33)14-22(15)26-24(30)21(10-11-23(28)29)27-25(31)34-12-20-18-8-4-2-6-16(18)17-7-3-5-9-19(17)20/h2-9,15,20-22H,10-14H2,1H3,(H,26,30)(H,27,31)(H,28,29)/t15-,21?,22+/m0/s1. The van der Waals surface area contributed by atoms with Crippen LogP contribution in [0.25, 0.3) is 11.1 Å². The maximum atomic E-state index is 12.8. The van der Waals surface area contributed by atoms with E-state index in [9.17, 15) is 22.8 Å². The van der Waals surface area contributed by atoms with Gasteiger partial charge in [-0.1, -0.05) is 55.5 Å². The number of amides is 2. The average Bonchev–Trinajstić information content (AvgIpc) is 3.27. The Morgan fingerprint density at radius 1 is 1.03 bits per heavy atom. The number of sulfone groups is 1. The molecule has 0 saturated carbocycles. The number of nitrogens with one attached hydrogen (secondary N) is 2. The Hall–Kier alpha value is -3.40. The summed E-state index contributed by atoms with van der Waals surface area (Å²) >= 11 is 0. The number of carboxylic acids is 1. The van der Waals surface area contributed by atoms with E-state index in [2.05, 4.69) is 10.6 Å². The van der Waals surface area contributed by atoms with Crippen molar-refractivity contribution in [3.63, 3.8) is 0 Å². The Bertz CT molecular complexity index is 1200. The summed E-state index contributed by atoms with van der Waals surface area (Å²) in [5.41, 5.74) is 4.24. The number of carboxylic acid groups (broad SMARTS) is 1. The molecular formula is C25H28N2O7S. The summed E-state index contributed by atoms with van der Waals surface area (Å²) in [6.07, 6.45) is -1.34. The van der Waals surface area contributed by atoms with E-state index in [1.54, 1.807) is 6.92 Å². The monoisotopic (exact) mass is 500 g/mol. The molecule has 3 N–H and O–H groups in total. The van der Waals surface area contributed by atoms with Gasteiger partial charge in [-0.25, -0.2) is 13.2 Å². The van der Waals surface area contributed by atoms with E-state index in [1.165, 1.54) is 0 Å². The van der Waals surface area contributed by atoms with Gasteiger partial charge in [0.2, 0.25) is 5.91 Å². The van der Waals surface area contributed by atoms with Gasteiger partial charge >= 0.3 is 12.1 Å². The zero-order valence-electron chi connectivity index (χ0n) is 19.3. The molecule has 186 valence electrons. The largest absolute Gasteiger partial charge is 0.481 e. The molecule has 1 heterocycles. The molecule has 2 aromatic carbocycles. The van der Waals surface area contributed by atoms with Crippen LogP contribution in [0, 0.1) is 5.92 Å². The number of hydrogen-bond donors (Lipinski definition) is 3. The summed E-state index contributed by atoms with van der Waals surface area (Å²) in [5.74, 6) is -2.40. The van der Waals surface area contributed by atoms with Crippen molar-refractivity contribution in [1.82, 2.24) is 10.6 Å². The second kappa shape index (κ2) is 10.1. The summed E-state index contributed by atoms with van der Waals surface area (Å²) in [6, 6.07) is 14.0. The van der Waals surface area contributed by atoms with Crippen LogP contribution in [-0.4, -0.2) is 61.7 Å². The lowest BCUT2D eigenvalue weighted by Crippen LogP contribution is -2.51. The molecule has 35 heavy (non-hydrogen) atoms.